The van der Waals surface area contributed by atoms with Gasteiger partial charge in [-0.25, -0.2) is 68.8 Å². The number of nitrogens with zero attached hydrogens (tertiary/aromatic N) is 5. The van der Waals surface area contributed by atoms with E-state index in [0.717, 1.165) is 32.3 Å². The van der Waals surface area contributed by atoms with Crippen LogP contribution in [0.2, 0.25) is 0 Å². The van der Waals surface area contributed by atoms with Crippen molar-refractivity contribution in [1.29, 1.82) is 0 Å². The maximum Gasteiger partial charge on any atom is 0.475 e. The summed E-state index contributed by atoms with van der Waals surface area (Å²) < 4.78 is 271. The molecule has 15 heterocycles. The minimum Gasteiger partial charge on any atom is -0.344 e. The number of H-pyrrole nitrogens is 5. The molecule has 5 aromatic rings. The number of aromatic amines is 5. The number of rotatable bonds is 15. The maximum absolute atomic E-state index is 15.2. The van der Waals surface area contributed by atoms with Gasteiger partial charge in [-0.15, -0.1) is 0 Å². The molecule has 5 aromatic heterocycles. The highest BCUT2D eigenvalue weighted by atomic mass is 35.5. The number of hydrogen-bond acceptors (Lipinski definition) is 35. The predicted molar refractivity (Wildman–Crippen MR) is 412 cm³/mol. The normalized spacial score (nSPS) is 38.1. The average Bonchev–Trinajstić information content (AvgIpc) is 1.62. The third kappa shape index (κ3) is 21.4. The van der Waals surface area contributed by atoms with Gasteiger partial charge in [0.1, 0.15) is 30.5 Å². The summed E-state index contributed by atoms with van der Waals surface area (Å²) in [5, 5.41) is -14.0. The molecule has 5 N–H and O–H groups in total. The molecule has 10 aliphatic rings. The van der Waals surface area contributed by atoms with E-state index < -0.39 is 255 Å². The first-order chi connectivity index (χ1) is 57.7. The molecule has 0 amide bonds. The fraction of sp³-hybridized carbons (Fsp3) is 0.683. The highest BCUT2D eigenvalue weighted by Gasteiger charge is 2.69. The van der Waals surface area contributed by atoms with Crippen LogP contribution in [-0.2, 0) is 114 Å². The van der Waals surface area contributed by atoms with Crippen LogP contribution in [0.25, 0.3) is 0 Å². The van der Waals surface area contributed by atoms with Crippen molar-refractivity contribution in [2.75, 3.05) is 33.0 Å². The fourth-order valence-electron chi connectivity index (χ4n) is 12.9. The van der Waals surface area contributed by atoms with Crippen LogP contribution in [0.5, 0.6) is 0 Å². The minimum absolute atomic E-state index is 0.163. The molecule has 10 aliphatic heterocycles. The molecule has 1 unspecified atom stereocenters. The molecule has 15 rings (SSSR count). The Kier molecular flexibility index (Phi) is 30.0. The van der Waals surface area contributed by atoms with Gasteiger partial charge in [-0.05, 0) is 90.0 Å². The molecule has 0 saturated carbocycles. The van der Waals surface area contributed by atoms with Crippen molar-refractivity contribution in [3.05, 3.63) is 163 Å². The predicted octanol–water partition coefficient (Wildman–Crippen LogP) is 7.64. The number of nitrogens with one attached hydrogen (secondary N) is 5. The number of alkyl halides is 10. The molecule has 25 atom stereocenters. The largest absolute Gasteiger partial charge is 0.475 e. The summed E-state index contributed by atoms with van der Waals surface area (Å²) in [5.74, 6) is -2.67. The van der Waals surface area contributed by atoms with E-state index in [0.29, 0.717) is 21.5 Å². The van der Waals surface area contributed by atoms with E-state index in [1.807, 2.05) is 15.0 Å². The standard InChI is InChI=1S/3C13H17ClFN2O7P.2C12H14ClF2N2O7P/c3*1-6(2)23-25(20)21-5-8-9(24-25)13(14,15)11(22-8)17-4-7(3)10(18)16-12(17)19;2*1-5(2)23-25(20)21-4-7-8(24-25)12(13,15)10(22-7)17-3-6(14)9(18)16-11(17)19/h3*4,6,8-9,11H,5H2,1-3H3,(H,16,18,19);2*3,5,7-8,10H,4H2,1-2H3,(H,16,18,19)/t8-,9-,11-,13-,25?;8-,9-,11-,13-,25+;8-,9-,11-,13-,25-;7-,8-,10-,12-,25+;7-,8-,10-,12-,25-/m11111/s1. The molecule has 62 heteroatoms. The molecule has 125 heavy (non-hydrogen) atoms. The van der Waals surface area contributed by atoms with Crippen LogP contribution in [0, 0.1) is 32.4 Å². The Morgan fingerprint density at radius 3 is 0.648 bits per heavy atom. The summed E-state index contributed by atoms with van der Waals surface area (Å²) in [5.41, 5.74) is -8.85. The molecule has 0 radical (unpaired) electrons. The Morgan fingerprint density at radius 2 is 0.480 bits per heavy atom. The van der Waals surface area contributed by atoms with Gasteiger partial charge in [0, 0.05) is 35.3 Å². The molecule has 0 aromatic carbocycles. The Balaban J connectivity index is 0.000000152. The van der Waals surface area contributed by atoms with Crippen LogP contribution in [0.15, 0.2) is 78.9 Å². The minimum atomic E-state index is -4.09. The SMILES string of the molecule is CC(C)O[P@@]1(=O)OC[C@H]2O[C@@H](n3cc(F)c(=O)[nH]c3=O)[C@@](F)(Cl)[C@@H]2O1.CC(C)O[P@]1(=O)OC[C@H]2O[C@@H](n3cc(F)c(=O)[nH]c3=O)[C@@](F)(Cl)[C@@H]2O1.Cc1cn([C@@H]2O[C@@H]3COP(=O)(OC(C)C)O[C@H]3[C@]2(F)Cl)c(=O)[nH]c1=O.Cc1cn([C@@H]2O[C@@H]3CO[P@@](=O)(OC(C)C)O[C@H]3[C@]2(F)Cl)c(=O)[nH]c1=O.Cc1cn([C@@H]2O[C@@H]3CO[P@](=O)(OC(C)C)O[C@H]3[C@]2(F)Cl)c(=O)[nH]c1=O. The van der Waals surface area contributed by atoms with Crippen LogP contribution in [0.3, 0.4) is 0 Å². The molecule has 0 aliphatic carbocycles. The number of phosphoric acid groups is 5. The fourth-order valence-corrected chi connectivity index (χ4v) is 22.9. The van der Waals surface area contributed by atoms with E-state index >= 15 is 22.0 Å². The molecule has 10 fully saturated rings. The molecule has 0 bridgehead atoms. The lowest BCUT2D eigenvalue weighted by molar-refractivity contribution is -0.0751. The lowest BCUT2D eigenvalue weighted by atomic mass is 10.1. The van der Waals surface area contributed by atoms with Gasteiger partial charge in [-0.1, -0.05) is 58.0 Å². The maximum atomic E-state index is 15.2. The van der Waals surface area contributed by atoms with Gasteiger partial charge in [-0.2, -0.15) is 8.78 Å². The van der Waals surface area contributed by atoms with Crippen LogP contribution < -0.4 is 56.2 Å². The van der Waals surface area contributed by atoms with Gasteiger partial charge in [0.15, 0.2) is 61.7 Å². The van der Waals surface area contributed by atoms with E-state index in [1.54, 1.807) is 79.2 Å². The van der Waals surface area contributed by atoms with Crippen molar-refractivity contribution in [2.24, 2.45) is 0 Å². The highest BCUT2D eigenvalue weighted by molar-refractivity contribution is 7.49. The summed E-state index contributed by atoms with van der Waals surface area (Å²) in [4.78, 5) is 126. The van der Waals surface area contributed by atoms with E-state index in [1.165, 1.54) is 20.8 Å². The van der Waals surface area contributed by atoms with Crippen LogP contribution in [0.1, 0.15) is 117 Å². The quantitative estimate of drug-likeness (QED) is 0.0382. The van der Waals surface area contributed by atoms with Crippen molar-refractivity contribution >= 4 is 97.1 Å². The summed E-state index contributed by atoms with van der Waals surface area (Å²) in [7, 11) is -20.2. The second-order valence-corrected chi connectivity index (χ2v) is 40.6. The number of fused-ring (bicyclic) bond motifs is 5. The van der Waals surface area contributed by atoms with Crippen molar-refractivity contribution in [3.63, 3.8) is 0 Å². The second-order valence-electron chi connectivity index (χ2n) is 29.8. The number of aryl methyl sites for hydroxylation is 3. The van der Waals surface area contributed by atoms with E-state index in [4.69, 9.17) is 150 Å². The summed E-state index contributed by atoms with van der Waals surface area (Å²) in [6.45, 7) is 18.6. The van der Waals surface area contributed by atoms with E-state index in [-0.39, 0.29) is 49.7 Å². The molecule has 0 spiro atoms. The van der Waals surface area contributed by atoms with E-state index in [2.05, 4.69) is 0 Å². The topological polar surface area (TPSA) is 544 Å². The van der Waals surface area contributed by atoms with Gasteiger partial charge in [-0.3, -0.25) is 140 Å². The van der Waals surface area contributed by atoms with Gasteiger partial charge in [0.05, 0.1) is 75.9 Å². The first kappa shape index (κ1) is 100. The third-order valence-electron chi connectivity index (χ3n) is 18.2. The molecular weight excluding hydrogens is 1920 g/mol. The van der Waals surface area contributed by atoms with E-state index in [9.17, 15) is 79.6 Å². The Morgan fingerprint density at radius 1 is 0.320 bits per heavy atom. The number of ether oxygens (including phenoxy) is 5. The highest BCUT2D eigenvalue weighted by Crippen LogP contribution is 2.66. The van der Waals surface area contributed by atoms with Crippen molar-refractivity contribution in [3.8, 4) is 0 Å². The lowest BCUT2D eigenvalue weighted by Gasteiger charge is -2.33. The monoisotopic (exact) mass is 2000 g/mol. The van der Waals surface area contributed by atoms with Gasteiger partial charge in [0.25, 0.3) is 53.4 Å². The summed E-state index contributed by atoms with van der Waals surface area (Å²) in [6.07, 6.45) is -19.8. The zero-order chi connectivity index (χ0) is 92.8. The Labute approximate surface area is 721 Å². The molecular formula is C63H79Cl5F7N10O35P5. The number of halogens is 12. The van der Waals surface area contributed by atoms with Crippen LogP contribution in [0.4, 0.5) is 30.7 Å². The van der Waals surface area contributed by atoms with Gasteiger partial charge < -0.3 is 23.7 Å². The average molecular weight is 2000 g/mol. The Bertz CT molecular complexity index is 5000. The number of phosphoric ester groups is 5. The smallest absolute Gasteiger partial charge is 0.344 e. The Hall–Kier alpha value is -5.29. The summed E-state index contributed by atoms with van der Waals surface area (Å²) in [6, 6.07) is 0. The van der Waals surface area contributed by atoms with Crippen molar-refractivity contribution < 1.29 is 145 Å². The zero-order valence-electron chi connectivity index (χ0n) is 66.8. The molecule has 700 valence electrons. The van der Waals surface area contributed by atoms with Gasteiger partial charge >= 0.3 is 67.6 Å². The molecule has 45 nitrogen and oxygen atoms in total. The van der Waals surface area contributed by atoms with Crippen LogP contribution >= 0.6 is 97.1 Å². The van der Waals surface area contributed by atoms with Crippen molar-refractivity contribution in [1.82, 2.24) is 47.8 Å². The first-order valence-corrected chi connectivity index (χ1v) is 46.1. The van der Waals surface area contributed by atoms with Crippen molar-refractivity contribution in [2.45, 2.75) is 238 Å². The number of hydrogen-bond donors (Lipinski definition) is 5. The van der Waals surface area contributed by atoms with Crippen LogP contribution in [-0.4, -0.2) is 198 Å². The second kappa shape index (κ2) is 37.4. The zero-order valence-corrected chi connectivity index (χ0v) is 75.0. The number of aromatic nitrogens is 10. The third-order valence-corrected chi connectivity index (χ3v) is 28.4. The van der Waals surface area contributed by atoms with Gasteiger partial charge in [0.2, 0.25) is 11.6 Å². The molecule has 10 saturated heterocycles. The lowest BCUT2D eigenvalue weighted by Crippen LogP contribution is -2.45. The first-order valence-electron chi connectivity index (χ1n) is 36.9. The summed E-state index contributed by atoms with van der Waals surface area (Å²) >= 11 is 29.6.